The van der Waals surface area contributed by atoms with Gasteiger partial charge in [0.25, 0.3) is 11.5 Å². The minimum Gasteiger partial charge on any atom is -0.494 e. The maximum atomic E-state index is 13.2. The first-order valence-corrected chi connectivity index (χ1v) is 9.95. The van der Waals surface area contributed by atoms with E-state index in [9.17, 15) is 9.59 Å². The Morgan fingerprint density at radius 1 is 0.967 bits per heavy atom. The second-order valence-corrected chi connectivity index (χ2v) is 7.20. The summed E-state index contributed by atoms with van der Waals surface area (Å²) in [5.41, 5.74) is 1.67. The molecule has 30 heavy (non-hydrogen) atoms. The van der Waals surface area contributed by atoms with Crippen molar-refractivity contribution in [2.75, 3.05) is 33.3 Å². The molecule has 0 aliphatic carbocycles. The molecule has 1 aliphatic heterocycles. The van der Waals surface area contributed by atoms with Crippen LogP contribution in [0.25, 0.3) is 5.69 Å². The van der Waals surface area contributed by atoms with Crippen molar-refractivity contribution in [1.29, 1.82) is 0 Å². The molecule has 0 N–H and O–H groups in total. The quantitative estimate of drug-likeness (QED) is 0.652. The van der Waals surface area contributed by atoms with Crippen LogP contribution in [0.2, 0.25) is 0 Å². The monoisotopic (exact) mass is 404 g/mol. The van der Waals surface area contributed by atoms with Crippen LogP contribution in [-0.4, -0.2) is 58.8 Å². The van der Waals surface area contributed by atoms with Crippen molar-refractivity contribution in [2.45, 2.75) is 6.54 Å². The van der Waals surface area contributed by atoms with Crippen LogP contribution >= 0.6 is 0 Å². The molecule has 0 saturated carbocycles. The molecule has 2 aromatic carbocycles. The molecule has 1 fully saturated rings. The lowest BCUT2D eigenvalue weighted by Crippen LogP contribution is -2.48. The fourth-order valence-corrected chi connectivity index (χ4v) is 3.60. The minimum atomic E-state index is -0.345. The van der Waals surface area contributed by atoms with Gasteiger partial charge in [-0.2, -0.15) is 9.78 Å². The SMILES string of the molecule is COc1cc(=O)n(-c2ccccc2)nc1C(=O)N1CCN(Cc2ccccc2)CC1. The lowest BCUT2D eigenvalue weighted by molar-refractivity contribution is 0.0617. The second-order valence-electron chi connectivity index (χ2n) is 7.20. The van der Waals surface area contributed by atoms with Crippen LogP contribution in [0.15, 0.2) is 71.5 Å². The normalized spacial score (nSPS) is 14.5. The van der Waals surface area contributed by atoms with Crippen LogP contribution in [0, 0.1) is 0 Å². The topological polar surface area (TPSA) is 67.7 Å². The molecule has 2 heterocycles. The average Bonchev–Trinajstić information content (AvgIpc) is 2.80. The minimum absolute atomic E-state index is 0.150. The zero-order chi connectivity index (χ0) is 20.9. The highest BCUT2D eigenvalue weighted by molar-refractivity contribution is 5.94. The maximum Gasteiger partial charge on any atom is 0.278 e. The molecule has 0 bridgehead atoms. The van der Waals surface area contributed by atoms with Crippen molar-refractivity contribution in [3.8, 4) is 11.4 Å². The molecule has 1 aromatic heterocycles. The Balaban J connectivity index is 1.51. The summed E-state index contributed by atoms with van der Waals surface area (Å²) in [7, 11) is 1.44. The van der Waals surface area contributed by atoms with Gasteiger partial charge in [0.05, 0.1) is 18.9 Å². The van der Waals surface area contributed by atoms with Gasteiger partial charge in [-0.05, 0) is 17.7 Å². The maximum absolute atomic E-state index is 13.2. The first-order valence-electron chi connectivity index (χ1n) is 9.95. The zero-order valence-electron chi connectivity index (χ0n) is 16.9. The van der Waals surface area contributed by atoms with E-state index in [1.165, 1.54) is 23.4 Å². The third kappa shape index (κ3) is 4.26. The van der Waals surface area contributed by atoms with Crippen molar-refractivity contribution >= 4 is 5.91 Å². The van der Waals surface area contributed by atoms with E-state index in [0.717, 1.165) is 19.6 Å². The summed E-state index contributed by atoms with van der Waals surface area (Å²) in [6.45, 7) is 3.62. The predicted octanol–water partition coefficient (Wildman–Crippen LogP) is 2.20. The number of para-hydroxylation sites is 1. The molecule has 0 radical (unpaired) electrons. The lowest BCUT2D eigenvalue weighted by atomic mass is 10.2. The summed E-state index contributed by atoms with van der Waals surface area (Å²) in [6, 6.07) is 20.7. The molecule has 1 aliphatic rings. The summed E-state index contributed by atoms with van der Waals surface area (Å²) < 4.78 is 6.53. The van der Waals surface area contributed by atoms with Gasteiger partial charge in [-0.1, -0.05) is 48.5 Å². The van der Waals surface area contributed by atoms with Gasteiger partial charge in [-0.25, -0.2) is 0 Å². The van der Waals surface area contributed by atoms with Crippen LogP contribution in [-0.2, 0) is 6.54 Å². The van der Waals surface area contributed by atoms with Crippen LogP contribution < -0.4 is 10.3 Å². The third-order valence-electron chi connectivity index (χ3n) is 5.23. The molecule has 4 rings (SSSR count). The number of hydrogen-bond acceptors (Lipinski definition) is 5. The summed E-state index contributed by atoms with van der Waals surface area (Å²) in [6.07, 6.45) is 0. The Labute approximate surface area is 175 Å². The van der Waals surface area contributed by atoms with Gasteiger partial charge in [0, 0.05) is 32.7 Å². The summed E-state index contributed by atoms with van der Waals surface area (Å²) in [4.78, 5) is 29.7. The Kier molecular flexibility index (Phi) is 5.90. The van der Waals surface area contributed by atoms with Gasteiger partial charge < -0.3 is 9.64 Å². The predicted molar refractivity (Wildman–Crippen MR) is 114 cm³/mol. The highest BCUT2D eigenvalue weighted by atomic mass is 16.5. The first kappa shape index (κ1) is 19.8. The smallest absolute Gasteiger partial charge is 0.278 e. The highest BCUT2D eigenvalue weighted by Gasteiger charge is 2.26. The Hall–Kier alpha value is -3.45. The number of benzene rings is 2. The van der Waals surface area contributed by atoms with Crippen molar-refractivity contribution in [1.82, 2.24) is 19.6 Å². The molecule has 3 aromatic rings. The van der Waals surface area contributed by atoms with Crippen LogP contribution in [0.4, 0.5) is 0 Å². The number of hydrogen-bond donors (Lipinski definition) is 0. The number of nitrogens with zero attached hydrogens (tertiary/aromatic N) is 4. The molecule has 7 heteroatoms. The number of carbonyl (C=O) groups excluding carboxylic acids is 1. The number of aromatic nitrogens is 2. The van der Waals surface area contributed by atoms with E-state index in [0.29, 0.717) is 18.8 Å². The van der Waals surface area contributed by atoms with Crippen LogP contribution in [0.1, 0.15) is 16.1 Å². The molecule has 154 valence electrons. The van der Waals surface area contributed by atoms with E-state index in [-0.39, 0.29) is 22.9 Å². The van der Waals surface area contributed by atoms with E-state index in [2.05, 4.69) is 22.1 Å². The molecular formula is C23H24N4O3. The second kappa shape index (κ2) is 8.92. The van der Waals surface area contributed by atoms with Gasteiger partial charge in [0.15, 0.2) is 11.4 Å². The zero-order valence-corrected chi connectivity index (χ0v) is 16.9. The van der Waals surface area contributed by atoms with Gasteiger partial charge in [0.1, 0.15) is 0 Å². The van der Waals surface area contributed by atoms with E-state index in [1.54, 1.807) is 17.0 Å². The van der Waals surface area contributed by atoms with Crippen molar-refractivity contribution in [2.24, 2.45) is 0 Å². The molecule has 1 amide bonds. The number of ether oxygens (including phenoxy) is 1. The summed E-state index contributed by atoms with van der Waals surface area (Å²) in [5, 5.41) is 4.35. The molecule has 1 saturated heterocycles. The Morgan fingerprint density at radius 2 is 1.60 bits per heavy atom. The summed E-state index contributed by atoms with van der Waals surface area (Å²) in [5.74, 6) is -0.0280. The van der Waals surface area contributed by atoms with Gasteiger partial charge in [0.2, 0.25) is 0 Å². The van der Waals surface area contributed by atoms with Crippen molar-refractivity contribution in [3.63, 3.8) is 0 Å². The number of methoxy groups -OCH3 is 1. The number of piperazine rings is 1. The van der Waals surface area contributed by atoms with Crippen LogP contribution in [0.3, 0.4) is 0 Å². The number of rotatable bonds is 5. The Bertz CT molecular complexity index is 1060. The van der Waals surface area contributed by atoms with E-state index in [1.807, 2.05) is 36.4 Å². The van der Waals surface area contributed by atoms with E-state index >= 15 is 0 Å². The molecular weight excluding hydrogens is 380 g/mol. The molecule has 0 atom stereocenters. The van der Waals surface area contributed by atoms with Gasteiger partial charge >= 0.3 is 0 Å². The van der Waals surface area contributed by atoms with Crippen LogP contribution in [0.5, 0.6) is 5.75 Å². The van der Waals surface area contributed by atoms with Gasteiger partial charge in [-0.15, -0.1) is 0 Å². The first-order chi connectivity index (χ1) is 14.7. The summed E-state index contributed by atoms with van der Waals surface area (Å²) >= 11 is 0. The number of amides is 1. The largest absolute Gasteiger partial charge is 0.494 e. The number of carbonyl (C=O) groups is 1. The Morgan fingerprint density at radius 3 is 2.23 bits per heavy atom. The standard InChI is InChI=1S/C23H24N4O3/c1-30-20-16-21(28)27(19-10-6-3-7-11-19)24-22(20)23(29)26-14-12-25(13-15-26)17-18-8-4-2-5-9-18/h2-11,16H,12-15,17H2,1H3. The van der Waals surface area contributed by atoms with Gasteiger partial charge in [-0.3, -0.25) is 14.5 Å². The lowest BCUT2D eigenvalue weighted by Gasteiger charge is -2.34. The fourth-order valence-electron chi connectivity index (χ4n) is 3.60. The van der Waals surface area contributed by atoms with Crippen molar-refractivity contribution < 1.29 is 9.53 Å². The van der Waals surface area contributed by atoms with E-state index in [4.69, 9.17) is 4.74 Å². The third-order valence-corrected chi connectivity index (χ3v) is 5.23. The van der Waals surface area contributed by atoms with E-state index < -0.39 is 0 Å². The average molecular weight is 404 g/mol. The molecule has 0 unspecified atom stereocenters. The highest BCUT2D eigenvalue weighted by Crippen LogP contribution is 2.18. The fraction of sp³-hybridized carbons (Fsp3) is 0.261. The molecule has 0 spiro atoms. The van der Waals surface area contributed by atoms with Crippen molar-refractivity contribution in [3.05, 3.63) is 88.3 Å². The molecule has 7 nitrogen and oxygen atoms in total.